The molecule has 0 amide bonds. The van der Waals surface area contributed by atoms with Crippen LogP contribution >= 0.6 is 11.6 Å². The van der Waals surface area contributed by atoms with Crippen LogP contribution in [0.4, 0.5) is 0 Å². The third kappa shape index (κ3) is 2.14. The summed E-state index contributed by atoms with van der Waals surface area (Å²) in [5.74, 6) is 0.683. The van der Waals surface area contributed by atoms with Gasteiger partial charge >= 0.3 is 0 Å². The maximum absolute atomic E-state index is 6.00. The molecule has 3 heteroatoms. The maximum atomic E-state index is 6.00. The van der Waals surface area contributed by atoms with Gasteiger partial charge in [0.15, 0.2) is 0 Å². The van der Waals surface area contributed by atoms with Crippen molar-refractivity contribution in [1.29, 1.82) is 0 Å². The molecule has 1 aromatic carbocycles. The molecular formula is C10H14ClNO. The van der Waals surface area contributed by atoms with Crippen LogP contribution in [0.3, 0.4) is 0 Å². The zero-order chi connectivity index (χ0) is 10.0. The van der Waals surface area contributed by atoms with E-state index in [1.54, 1.807) is 7.11 Å². The number of hydrogen-bond donors (Lipinski definition) is 1. The van der Waals surface area contributed by atoms with Gasteiger partial charge in [0.05, 0.1) is 12.1 Å². The lowest BCUT2D eigenvalue weighted by Gasteiger charge is -2.14. The first-order valence-corrected chi connectivity index (χ1v) is 4.53. The highest BCUT2D eigenvalue weighted by atomic mass is 35.5. The topological polar surface area (TPSA) is 35.2 Å². The van der Waals surface area contributed by atoms with Gasteiger partial charge in [0.1, 0.15) is 5.75 Å². The van der Waals surface area contributed by atoms with Crippen LogP contribution in [0.15, 0.2) is 12.1 Å². The van der Waals surface area contributed by atoms with Gasteiger partial charge in [-0.25, -0.2) is 0 Å². The van der Waals surface area contributed by atoms with Gasteiger partial charge in [-0.2, -0.15) is 0 Å². The average molecular weight is 200 g/mol. The monoisotopic (exact) mass is 199 g/mol. The molecule has 0 spiro atoms. The van der Waals surface area contributed by atoms with E-state index in [0.29, 0.717) is 10.8 Å². The summed E-state index contributed by atoms with van der Waals surface area (Å²) in [7, 11) is 1.60. The molecule has 1 aromatic rings. The molecule has 0 saturated heterocycles. The quantitative estimate of drug-likeness (QED) is 0.795. The minimum Gasteiger partial charge on any atom is -0.495 e. The van der Waals surface area contributed by atoms with Gasteiger partial charge in [-0.1, -0.05) is 17.7 Å². The Balaban J connectivity index is 3.29. The number of rotatable bonds is 2. The molecule has 2 N–H and O–H groups in total. The molecule has 72 valence electrons. The Hall–Kier alpha value is -0.730. The van der Waals surface area contributed by atoms with E-state index in [1.807, 2.05) is 26.0 Å². The minimum absolute atomic E-state index is 0.0626. The molecule has 0 aromatic heterocycles. The lowest BCUT2D eigenvalue weighted by Crippen LogP contribution is -2.07. The number of methoxy groups -OCH3 is 1. The van der Waals surface area contributed by atoms with Crippen molar-refractivity contribution in [3.63, 3.8) is 0 Å². The number of nitrogens with two attached hydrogens (primary N) is 1. The highest BCUT2D eigenvalue weighted by Crippen LogP contribution is 2.32. The van der Waals surface area contributed by atoms with E-state index in [1.165, 1.54) is 0 Å². The summed E-state index contributed by atoms with van der Waals surface area (Å²) in [4.78, 5) is 0. The van der Waals surface area contributed by atoms with Crippen molar-refractivity contribution in [2.75, 3.05) is 7.11 Å². The second-order valence-electron chi connectivity index (χ2n) is 3.16. The van der Waals surface area contributed by atoms with Gasteiger partial charge in [0, 0.05) is 11.6 Å². The Morgan fingerprint density at radius 1 is 1.46 bits per heavy atom. The molecule has 13 heavy (non-hydrogen) atoms. The predicted octanol–water partition coefficient (Wildman–Crippen LogP) is 2.68. The van der Waals surface area contributed by atoms with Crippen molar-refractivity contribution in [3.05, 3.63) is 28.3 Å². The van der Waals surface area contributed by atoms with Crippen molar-refractivity contribution < 1.29 is 4.74 Å². The number of ether oxygens (including phenoxy) is 1. The number of aryl methyl sites for hydroxylation is 1. The number of hydrogen-bond acceptors (Lipinski definition) is 2. The van der Waals surface area contributed by atoms with Crippen molar-refractivity contribution in [1.82, 2.24) is 0 Å². The van der Waals surface area contributed by atoms with Crippen molar-refractivity contribution in [2.45, 2.75) is 19.9 Å². The Labute approximate surface area is 83.6 Å². The molecule has 0 saturated carbocycles. The van der Waals surface area contributed by atoms with Crippen LogP contribution in [0, 0.1) is 6.92 Å². The van der Waals surface area contributed by atoms with Gasteiger partial charge in [0.25, 0.3) is 0 Å². The van der Waals surface area contributed by atoms with E-state index < -0.39 is 0 Å². The molecule has 0 aliphatic rings. The lowest BCUT2D eigenvalue weighted by atomic mass is 10.1. The molecule has 2 nitrogen and oxygen atoms in total. The zero-order valence-corrected chi connectivity index (χ0v) is 8.85. The average Bonchev–Trinajstić information content (AvgIpc) is 2.02. The summed E-state index contributed by atoms with van der Waals surface area (Å²) in [5, 5.41) is 0.620. The van der Waals surface area contributed by atoms with Gasteiger partial charge in [0.2, 0.25) is 0 Å². The summed E-state index contributed by atoms with van der Waals surface area (Å²) in [6.07, 6.45) is 0. The van der Waals surface area contributed by atoms with Crippen LogP contribution in [0.2, 0.25) is 5.02 Å². The van der Waals surface area contributed by atoms with Crippen LogP contribution in [-0.2, 0) is 0 Å². The van der Waals surface area contributed by atoms with Gasteiger partial charge in [-0.3, -0.25) is 0 Å². The second kappa shape index (κ2) is 3.99. The van der Waals surface area contributed by atoms with Crippen molar-refractivity contribution in [2.24, 2.45) is 5.73 Å². The molecule has 1 atom stereocenters. The molecule has 0 aliphatic heterocycles. The molecular weight excluding hydrogens is 186 g/mol. The highest BCUT2D eigenvalue weighted by Gasteiger charge is 2.11. The minimum atomic E-state index is -0.0626. The van der Waals surface area contributed by atoms with Gasteiger partial charge < -0.3 is 10.5 Å². The first kappa shape index (κ1) is 10.4. The van der Waals surface area contributed by atoms with Crippen LogP contribution in [0.25, 0.3) is 0 Å². The number of halogens is 1. The summed E-state index contributed by atoms with van der Waals surface area (Å²) in [5.41, 5.74) is 7.84. The van der Waals surface area contributed by atoms with E-state index >= 15 is 0 Å². The fourth-order valence-corrected chi connectivity index (χ4v) is 1.67. The van der Waals surface area contributed by atoms with Gasteiger partial charge in [-0.05, 0) is 25.5 Å². The van der Waals surface area contributed by atoms with Crippen LogP contribution in [-0.4, -0.2) is 7.11 Å². The lowest BCUT2D eigenvalue weighted by molar-refractivity contribution is 0.407. The molecule has 0 radical (unpaired) electrons. The smallest absolute Gasteiger partial charge is 0.142 e. The van der Waals surface area contributed by atoms with Crippen molar-refractivity contribution >= 4 is 11.6 Å². The van der Waals surface area contributed by atoms with E-state index in [9.17, 15) is 0 Å². The Morgan fingerprint density at radius 3 is 2.54 bits per heavy atom. The zero-order valence-electron chi connectivity index (χ0n) is 8.10. The molecule has 1 rings (SSSR count). The maximum Gasteiger partial charge on any atom is 0.142 e. The normalized spacial score (nSPS) is 12.7. The Morgan fingerprint density at radius 2 is 2.08 bits per heavy atom. The molecule has 0 bridgehead atoms. The first-order chi connectivity index (χ1) is 6.06. The van der Waals surface area contributed by atoms with Crippen LogP contribution < -0.4 is 10.5 Å². The third-order valence-electron chi connectivity index (χ3n) is 1.91. The molecule has 0 aliphatic carbocycles. The summed E-state index contributed by atoms with van der Waals surface area (Å²) in [6, 6.07) is 3.80. The summed E-state index contributed by atoms with van der Waals surface area (Å²) < 4.78 is 5.18. The van der Waals surface area contributed by atoms with Crippen molar-refractivity contribution in [3.8, 4) is 5.75 Å². The Bertz CT molecular complexity index is 310. The van der Waals surface area contributed by atoms with Crippen LogP contribution in [0.5, 0.6) is 5.75 Å². The molecule has 0 heterocycles. The van der Waals surface area contributed by atoms with E-state index in [0.717, 1.165) is 11.1 Å². The second-order valence-corrected chi connectivity index (χ2v) is 3.57. The molecule has 1 unspecified atom stereocenters. The standard InChI is InChI=1S/C10H14ClNO/c1-6-4-8(7(2)12)10(13-3)9(11)5-6/h4-5,7H,12H2,1-3H3. The molecule has 0 fully saturated rings. The Kier molecular flexibility index (Phi) is 3.17. The largest absolute Gasteiger partial charge is 0.495 e. The van der Waals surface area contributed by atoms with Gasteiger partial charge in [-0.15, -0.1) is 0 Å². The van der Waals surface area contributed by atoms with E-state index in [2.05, 4.69) is 0 Å². The highest BCUT2D eigenvalue weighted by molar-refractivity contribution is 6.32. The fourth-order valence-electron chi connectivity index (χ4n) is 1.31. The van der Waals surface area contributed by atoms with E-state index in [4.69, 9.17) is 22.1 Å². The third-order valence-corrected chi connectivity index (χ3v) is 2.19. The number of benzene rings is 1. The summed E-state index contributed by atoms with van der Waals surface area (Å²) >= 11 is 6.00. The summed E-state index contributed by atoms with van der Waals surface area (Å²) in [6.45, 7) is 3.89. The fraction of sp³-hybridized carbons (Fsp3) is 0.400. The van der Waals surface area contributed by atoms with E-state index in [-0.39, 0.29) is 6.04 Å². The van der Waals surface area contributed by atoms with Crippen LogP contribution in [0.1, 0.15) is 24.1 Å². The predicted molar refractivity (Wildman–Crippen MR) is 55.3 cm³/mol. The SMILES string of the molecule is COc1c(Cl)cc(C)cc1C(C)N. The first-order valence-electron chi connectivity index (χ1n) is 4.16.